The maximum atomic E-state index is 13.4. The van der Waals surface area contributed by atoms with Gasteiger partial charge in [-0.3, -0.25) is 4.79 Å². The molecule has 0 atom stereocenters. The molecule has 0 spiro atoms. The SMILES string of the molecule is O=C(COc1c(F)cccc1Cl)c1cccc(Br)c1. The Morgan fingerprint density at radius 3 is 2.68 bits per heavy atom. The minimum atomic E-state index is -0.588. The lowest BCUT2D eigenvalue weighted by Crippen LogP contribution is -2.12. The van der Waals surface area contributed by atoms with E-state index >= 15 is 0 Å². The van der Waals surface area contributed by atoms with E-state index in [4.69, 9.17) is 16.3 Å². The van der Waals surface area contributed by atoms with Gasteiger partial charge in [0.1, 0.15) is 0 Å². The van der Waals surface area contributed by atoms with Crippen LogP contribution in [-0.4, -0.2) is 12.4 Å². The van der Waals surface area contributed by atoms with Gasteiger partial charge in [-0.1, -0.05) is 45.7 Å². The third-order valence-electron chi connectivity index (χ3n) is 2.41. The van der Waals surface area contributed by atoms with E-state index < -0.39 is 5.82 Å². The molecule has 2 nitrogen and oxygen atoms in total. The van der Waals surface area contributed by atoms with Gasteiger partial charge in [-0.2, -0.15) is 0 Å². The second kappa shape index (κ2) is 6.17. The molecule has 0 aliphatic heterocycles. The van der Waals surface area contributed by atoms with Crippen LogP contribution in [0.15, 0.2) is 46.9 Å². The molecular weight excluding hydrogens is 335 g/mol. The number of ketones is 1. The lowest BCUT2D eigenvalue weighted by molar-refractivity contribution is 0.0919. The zero-order valence-corrected chi connectivity index (χ0v) is 12.0. The number of carbonyl (C=O) groups is 1. The van der Waals surface area contributed by atoms with Crippen molar-refractivity contribution in [1.29, 1.82) is 0 Å². The number of ether oxygens (including phenoxy) is 1. The molecule has 5 heteroatoms. The fourth-order valence-electron chi connectivity index (χ4n) is 1.50. The van der Waals surface area contributed by atoms with E-state index in [1.807, 2.05) is 6.07 Å². The molecule has 2 aromatic carbocycles. The number of carbonyl (C=O) groups excluding carboxylic acids is 1. The average molecular weight is 344 g/mol. The molecule has 2 aromatic rings. The highest BCUT2D eigenvalue weighted by Crippen LogP contribution is 2.27. The normalized spacial score (nSPS) is 10.3. The van der Waals surface area contributed by atoms with Crippen molar-refractivity contribution in [3.05, 3.63) is 63.3 Å². The zero-order valence-electron chi connectivity index (χ0n) is 9.70. The lowest BCUT2D eigenvalue weighted by atomic mass is 10.1. The molecule has 0 fully saturated rings. The van der Waals surface area contributed by atoms with E-state index in [1.165, 1.54) is 18.2 Å². The number of benzene rings is 2. The van der Waals surface area contributed by atoms with Crippen LogP contribution in [0.25, 0.3) is 0 Å². The number of hydrogen-bond donors (Lipinski definition) is 0. The van der Waals surface area contributed by atoms with Gasteiger partial charge in [0.05, 0.1) is 5.02 Å². The fraction of sp³-hybridized carbons (Fsp3) is 0.0714. The molecule has 0 saturated carbocycles. The van der Waals surface area contributed by atoms with Gasteiger partial charge in [-0.25, -0.2) is 4.39 Å². The van der Waals surface area contributed by atoms with Crippen molar-refractivity contribution in [3.8, 4) is 5.75 Å². The van der Waals surface area contributed by atoms with E-state index in [9.17, 15) is 9.18 Å². The number of para-hydroxylation sites is 1. The van der Waals surface area contributed by atoms with Crippen LogP contribution < -0.4 is 4.74 Å². The van der Waals surface area contributed by atoms with Crippen LogP contribution in [-0.2, 0) is 0 Å². The summed E-state index contributed by atoms with van der Waals surface area (Å²) in [4.78, 5) is 11.9. The maximum absolute atomic E-state index is 13.4. The van der Waals surface area contributed by atoms with Crippen molar-refractivity contribution >= 4 is 33.3 Å². The Morgan fingerprint density at radius 2 is 2.00 bits per heavy atom. The molecule has 19 heavy (non-hydrogen) atoms. The molecule has 2 rings (SSSR count). The van der Waals surface area contributed by atoms with E-state index in [0.29, 0.717) is 5.56 Å². The molecule has 0 unspecified atom stereocenters. The Labute approximate surface area is 123 Å². The first kappa shape index (κ1) is 14.0. The Bertz CT molecular complexity index is 596. The molecular formula is C14H9BrClFO2. The molecule has 0 N–H and O–H groups in total. The van der Waals surface area contributed by atoms with Gasteiger partial charge in [-0.15, -0.1) is 0 Å². The van der Waals surface area contributed by atoms with Crippen molar-refractivity contribution in [2.45, 2.75) is 0 Å². The standard InChI is InChI=1S/C14H9BrClFO2/c15-10-4-1-3-9(7-10)13(18)8-19-14-11(16)5-2-6-12(14)17/h1-7H,8H2. The first-order chi connectivity index (χ1) is 9.08. The largest absolute Gasteiger partial charge is 0.481 e. The van der Waals surface area contributed by atoms with Crippen LogP contribution >= 0.6 is 27.5 Å². The Balaban J connectivity index is 2.09. The smallest absolute Gasteiger partial charge is 0.200 e. The van der Waals surface area contributed by atoms with Gasteiger partial charge in [0.2, 0.25) is 0 Å². The number of Topliss-reactive ketones (excluding diaryl/α,β-unsaturated/α-hetero) is 1. The van der Waals surface area contributed by atoms with Crippen LogP contribution in [0.2, 0.25) is 5.02 Å². The van der Waals surface area contributed by atoms with Crippen molar-refractivity contribution in [2.24, 2.45) is 0 Å². The van der Waals surface area contributed by atoms with E-state index in [2.05, 4.69) is 15.9 Å². The number of hydrogen-bond acceptors (Lipinski definition) is 2. The second-order valence-electron chi connectivity index (χ2n) is 3.77. The molecule has 0 radical (unpaired) electrons. The van der Waals surface area contributed by atoms with Gasteiger partial charge in [0.25, 0.3) is 0 Å². The number of rotatable bonds is 4. The van der Waals surface area contributed by atoms with Crippen molar-refractivity contribution < 1.29 is 13.9 Å². The highest BCUT2D eigenvalue weighted by molar-refractivity contribution is 9.10. The predicted octanol–water partition coefficient (Wildman–Crippen LogP) is 4.50. The van der Waals surface area contributed by atoms with Crippen LogP contribution in [0, 0.1) is 5.82 Å². The quantitative estimate of drug-likeness (QED) is 0.764. The van der Waals surface area contributed by atoms with Gasteiger partial charge < -0.3 is 4.74 Å². The van der Waals surface area contributed by atoms with Gasteiger partial charge in [-0.05, 0) is 24.3 Å². The molecule has 98 valence electrons. The van der Waals surface area contributed by atoms with Gasteiger partial charge in [0, 0.05) is 10.0 Å². The van der Waals surface area contributed by atoms with Gasteiger partial charge in [0.15, 0.2) is 24.0 Å². The van der Waals surface area contributed by atoms with Crippen LogP contribution in [0.5, 0.6) is 5.75 Å². The molecule has 0 saturated heterocycles. The van der Waals surface area contributed by atoms with E-state index in [-0.39, 0.29) is 23.2 Å². The molecule has 0 aliphatic carbocycles. The van der Waals surface area contributed by atoms with Crippen LogP contribution in [0.1, 0.15) is 10.4 Å². The van der Waals surface area contributed by atoms with Crippen molar-refractivity contribution in [1.82, 2.24) is 0 Å². The molecule has 0 amide bonds. The maximum Gasteiger partial charge on any atom is 0.200 e. The highest BCUT2D eigenvalue weighted by Gasteiger charge is 2.12. The summed E-state index contributed by atoms with van der Waals surface area (Å²) in [6.45, 7) is -0.267. The van der Waals surface area contributed by atoms with E-state index in [1.54, 1.807) is 18.2 Å². The minimum Gasteiger partial charge on any atom is -0.481 e. The van der Waals surface area contributed by atoms with E-state index in [0.717, 1.165) is 4.47 Å². The second-order valence-corrected chi connectivity index (χ2v) is 5.10. The Morgan fingerprint density at radius 1 is 1.26 bits per heavy atom. The molecule has 0 aliphatic rings. The monoisotopic (exact) mass is 342 g/mol. The highest BCUT2D eigenvalue weighted by atomic mass is 79.9. The summed E-state index contributed by atoms with van der Waals surface area (Å²) in [5.74, 6) is -0.942. The van der Waals surface area contributed by atoms with Crippen LogP contribution in [0.4, 0.5) is 4.39 Å². The summed E-state index contributed by atoms with van der Waals surface area (Å²) < 4.78 is 19.4. The Kier molecular flexibility index (Phi) is 4.56. The third-order valence-corrected chi connectivity index (χ3v) is 3.20. The summed E-state index contributed by atoms with van der Waals surface area (Å²) in [5, 5.41) is 0.141. The first-order valence-electron chi connectivity index (χ1n) is 5.43. The number of halogens is 3. The summed E-state index contributed by atoms with van der Waals surface area (Å²) >= 11 is 9.08. The fourth-order valence-corrected chi connectivity index (χ4v) is 2.12. The van der Waals surface area contributed by atoms with Gasteiger partial charge >= 0.3 is 0 Å². The summed E-state index contributed by atoms with van der Waals surface area (Å²) in [5.41, 5.74) is 0.488. The predicted molar refractivity (Wildman–Crippen MR) is 75.4 cm³/mol. The van der Waals surface area contributed by atoms with Crippen molar-refractivity contribution in [3.63, 3.8) is 0 Å². The topological polar surface area (TPSA) is 26.3 Å². The third kappa shape index (κ3) is 3.55. The minimum absolute atomic E-state index is 0.104. The van der Waals surface area contributed by atoms with Crippen molar-refractivity contribution in [2.75, 3.05) is 6.61 Å². The molecule has 0 bridgehead atoms. The average Bonchev–Trinajstić information content (AvgIpc) is 2.38. The zero-order chi connectivity index (χ0) is 13.8. The summed E-state index contributed by atoms with van der Waals surface area (Å²) in [6, 6.07) is 11.1. The summed E-state index contributed by atoms with van der Waals surface area (Å²) in [7, 11) is 0. The molecule has 0 aromatic heterocycles. The Hall–Kier alpha value is -1.39. The molecule has 0 heterocycles. The van der Waals surface area contributed by atoms with Crippen LogP contribution in [0.3, 0.4) is 0 Å². The lowest BCUT2D eigenvalue weighted by Gasteiger charge is -2.08. The summed E-state index contributed by atoms with van der Waals surface area (Å²) in [6.07, 6.45) is 0. The first-order valence-corrected chi connectivity index (χ1v) is 6.60.